The van der Waals surface area contributed by atoms with Crippen molar-refractivity contribution in [2.75, 3.05) is 5.73 Å². The van der Waals surface area contributed by atoms with Gasteiger partial charge in [0.2, 0.25) is 0 Å². The first-order valence-electron chi connectivity index (χ1n) is 3.81. The van der Waals surface area contributed by atoms with Crippen LogP contribution >= 0.6 is 0 Å². The Morgan fingerprint density at radius 1 is 1.54 bits per heavy atom. The van der Waals surface area contributed by atoms with Crippen molar-refractivity contribution < 1.29 is 4.79 Å². The minimum atomic E-state index is -0.397. The number of nitrogen functional groups attached to an aromatic ring is 2. The number of carbonyl (C=O) groups excluding carboxylic acids is 1. The van der Waals surface area contributed by atoms with Gasteiger partial charge in [0.15, 0.2) is 0 Å². The molecule has 0 bridgehead atoms. The fourth-order valence-electron chi connectivity index (χ4n) is 1.10. The van der Waals surface area contributed by atoms with Gasteiger partial charge in [-0.15, -0.1) is 0 Å². The van der Waals surface area contributed by atoms with E-state index in [9.17, 15) is 4.79 Å². The lowest BCUT2D eigenvalue weighted by Gasteiger charge is -2.07. The van der Waals surface area contributed by atoms with Gasteiger partial charge in [-0.05, 0) is 19.9 Å². The maximum atomic E-state index is 11.2. The van der Waals surface area contributed by atoms with Crippen LogP contribution in [0.3, 0.4) is 0 Å². The number of aromatic nitrogens is 1. The van der Waals surface area contributed by atoms with E-state index in [1.807, 2.05) is 5.43 Å². The molecule has 0 spiro atoms. The number of rotatable bonds is 1. The summed E-state index contributed by atoms with van der Waals surface area (Å²) in [6.45, 7) is 3.54. The van der Waals surface area contributed by atoms with Crippen molar-refractivity contribution >= 4 is 11.6 Å². The second-order valence-electron chi connectivity index (χ2n) is 2.78. The van der Waals surface area contributed by atoms with Crippen LogP contribution in [-0.4, -0.2) is 10.9 Å². The summed E-state index contributed by atoms with van der Waals surface area (Å²) < 4.78 is 0. The summed E-state index contributed by atoms with van der Waals surface area (Å²) in [5, 5.41) is 0. The van der Waals surface area contributed by atoms with Crippen LogP contribution in [0.15, 0.2) is 6.07 Å². The highest BCUT2D eigenvalue weighted by Crippen LogP contribution is 2.15. The molecule has 5 N–H and O–H groups in total. The average Bonchev–Trinajstić information content (AvgIpc) is 2.10. The van der Waals surface area contributed by atoms with Gasteiger partial charge < -0.3 is 5.73 Å². The van der Waals surface area contributed by atoms with Crippen molar-refractivity contribution in [3.63, 3.8) is 0 Å². The molecule has 0 aliphatic carbocycles. The largest absolute Gasteiger partial charge is 0.397 e. The van der Waals surface area contributed by atoms with Gasteiger partial charge in [0.05, 0.1) is 16.9 Å². The number of hydrogen-bond donors (Lipinski definition) is 3. The van der Waals surface area contributed by atoms with Crippen molar-refractivity contribution in [2.24, 2.45) is 5.84 Å². The highest BCUT2D eigenvalue weighted by Gasteiger charge is 2.11. The van der Waals surface area contributed by atoms with Crippen LogP contribution in [0.25, 0.3) is 0 Å². The molecule has 0 fully saturated rings. The van der Waals surface area contributed by atoms with Crippen LogP contribution in [0.4, 0.5) is 5.69 Å². The number of aryl methyl sites for hydroxylation is 2. The van der Waals surface area contributed by atoms with Gasteiger partial charge in [-0.2, -0.15) is 0 Å². The maximum absolute atomic E-state index is 11.2. The molecule has 0 aliphatic heterocycles. The first-order valence-corrected chi connectivity index (χ1v) is 3.81. The normalized spacial score (nSPS) is 9.77. The Kier molecular flexibility index (Phi) is 2.48. The summed E-state index contributed by atoms with van der Waals surface area (Å²) in [6, 6.07) is 1.60. The second-order valence-corrected chi connectivity index (χ2v) is 2.78. The quantitative estimate of drug-likeness (QED) is 0.319. The van der Waals surface area contributed by atoms with E-state index in [1.165, 1.54) is 0 Å². The minimum Gasteiger partial charge on any atom is -0.397 e. The molecule has 1 aromatic heterocycles. The van der Waals surface area contributed by atoms with E-state index in [1.54, 1.807) is 19.9 Å². The summed E-state index contributed by atoms with van der Waals surface area (Å²) in [5.41, 5.74) is 9.79. The van der Waals surface area contributed by atoms with E-state index in [4.69, 9.17) is 11.6 Å². The van der Waals surface area contributed by atoms with Crippen molar-refractivity contribution in [1.82, 2.24) is 10.4 Å². The zero-order valence-electron chi connectivity index (χ0n) is 7.59. The smallest absolute Gasteiger partial charge is 0.267 e. The molecule has 13 heavy (non-hydrogen) atoms. The van der Waals surface area contributed by atoms with E-state index in [-0.39, 0.29) is 0 Å². The van der Waals surface area contributed by atoms with Gasteiger partial charge in [0, 0.05) is 5.69 Å². The van der Waals surface area contributed by atoms with E-state index < -0.39 is 5.91 Å². The lowest BCUT2D eigenvalue weighted by atomic mass is 10.1. The van der Waals surface area contributed by atoms with Crippen molar-refractivity contribution in [3.05, 3.63) is 23.0 Å². The molecule has 0 aromatic carbocycles. The van der Waals surface area contributed by atoms with E-state index in [0.717, 1.165) is 5.69 Å². The molecule has 0 radical (unpaired) electrons. The molecular weight excluding hydrogens is 168 g/mol. The zero-order chi connectivity index (χ0) is 10.0. The lowest BCUT2D eigenvalue weighted by Crippen LogP contribution is -2.31. The zero-order valence-corrected chi connectivity index (χ0v) is 7.59. The Balaban J connectivity index is 3.28. The molecule has 0 unspecified atom stereocenters. The Labute approximate surface area is 76.1 Å². The molecule has 1 heterocycles. The maximum Gasteiger partial charge on any atom is 0.267 e. The Morgan fingerprint density at radius 2 is 2.15 bits per heavy atom. The van der Waals surface area contributed by atoms with Crippen molar-refractivity contribution in [3.8, 4) is 0 Å². The van der Waals surface area contributed by atoms with Gasteiger partial charge in [-0.25, -0.2) is 5.84 Å². The molecule has 5 heteroatoms. The van der Waals surface area contributed by atoms with Crippen LogP contribution in [0, 0.1) is 13.8 Å². The summed E-state index contributed by atoms with van der Waals surface area (Å²) in [5.74, 6) is 4.60. The average molecular weight is 180 g/mol. The second kappa shape index (κ2) is 3.40. The first-order chi connectivity index (χ1) is 6.06. The fourth-order valence-corrected chi connectivity index (χ4v) is 1.10. The first kappa shape index (κ1) is 9.47. The third-order valence-electron chi connectivity index (χ3n) is 1.75. The molecule has 0 atom stereocenters. The van der Waals surface area contributed by atoms with Crippen LogP contribution in [0.1, 0.15) is 21.7 Å². The van der Waals surface area contributed by atoms with Crippen LogP contribution in [0.2, 0.25) is 0 Å². The Morgan fingerprint density at radius 3 is 2.69 bits per heavy atom. The van der Waals surface area contributed by atoms with Gasteiger partial charge >= 0.3 is 0 Å². The van der Waals surface area contributed by atoms with E-state index in [0.29, 0.717) is 16.9 Å². The van der Waals surface area contributed by atoms with E-state index in [2.05, 4.69) is 4.98 Å². The number of anilines is 1. The van der Waals surface area contributed by atoms with Crippen molar-refractivity contribution in [1.29, 1.82) is 0 Å². The highest BCUT2D eigenvalue weighted by molar-refractivity contribution is 5.99. The third kappa shape index (κ3) is 1.75. The standard InChI is InChI=1S/C8H12N4O/c1-4-3-6(8(13)12-10)7(9)5(2)11-4/h3H,9-10H2,1-2H3,(H,12,13). The van der Waals surface area contributed by atoms with Gasteiger partial charge in [0.25, 0.3) is 5.91 Å². The number of carbonyl (C=O) groups is 1. The molecule has 0 saturated heterocycles. The van der Waals surface area contributed by atoms with Gasteiger partial charge in [-0.1, -0.05) is 0 Å². The molecule has 0 saturated carbocycles. The SMILES string of the molecule is Cc1cc(C(=O)NN)c(N)c(C)n1. The third-order valence-corrected chi connectivity index (χ3v) is 1.75. The molecule has 1 amide bonds. The lowest BCUT2D eigenvalue weighted by molar-refractivity contribution is 0.0954. The predicted molar refractivity (Wildman–Crippen MR) is 49.8 cm³/mol. The number of amides is 1. The van der Waals surface area contributed by atoms with Gasteiger partial charge in [0.1, 0.15) is 0 Å². The summed E-state index contributed by atoms with van der Waals surface area (Å²) in [7, 11) is 0. The molecule has 1 rings (SSSR count). The van der Waals surface area contributed by atoms with Crippen molar-refractivity contribution in [2.45, 2.75) is 13.8 Å². The minimum absolute atomic E-state index is 0.368. The van der Waals surface area contributed by atoms with Crippen LogP contribution in [-0.2, 0) is 0 Å². The highest BCUT2D eigenvalue weighted by atomic mass is 16.2. The number of hydrogen-bond acceptors (Lipinski definition) is 4. The number of pyridine rings is 1. The molecule has 5 nitrogen and oxygen atoms in total. The number of hydrazine groups is 1. The van der Waals surface area contributed by atoms with Crippen LogP contribution < -0.4 is 17.0 Å². The van der Waals surface area contributed by atoms with Crippen LogP contribution in [0.5, 0.6) is 0 Å². The summed E-state index contributed by atoms with van der Waals surface area (Å²) in [6.07, 6.45) is 0. The number of nitrogens with two attached hydrogens (primary N) is 2. The monoisotopic (exact) mass is 180 g/mol. The number of nitrogens with zero attached hydrogens (tertiary/aromatic N) is 1. The Bertz CT molecular complexity index is 348. The summed E-state index contributed by atoms with van der Waals surface area (Å²) >= 11 is 0. The number of nitrogens with one attached hydrogen (secondary N) is 1. The molecule has 70 valence electrons. The predicted octanol–water partition coefficient (Wildman–Crippen LogP) is -0.116. The summed E-state index contributed by atoms with van der Waals surface area (Å²) in [4.78, 5) is 15.3. The molecular formula is C8H12N4O. The molecule has 0 aliphatic rings. The van der Waals surface area contributed by atoms with Gasteiger partial charge in [-0.3, -0.25) is 15.2 Å². The topological polar surface area (TPSA) is 94.0 Å². The fraction of sp³-hybridized carbons (Fsp3) is 0.250. The molecule has 1 aromatic rings. The Hall–Kier alpha value is -1.62. The van der Waals surface area contributed by atoms with E-state index >= 15 is 0 Å².